The minimum Gasteiger partial charge on any atom is -0.396 e. The first kappa shape index (κ1) is 17.0. The average Bonchev–Trinajstić information content (AvgIpc) is 2.29. The van der Waals surface area contributed by atoms with E-state index in [1.54, 1.807) is 6.92 Å². The molecule has 0 heterocycles. The molecule has 0 saturated heterocycles. The number of hydrogen-bond acceptors (Lipinski definition) is 3. The Morgan fingerprint density at radius 3 is 2.35 bits per heavy atom. The molecule has 2 N–H and O–H groups in total. The van der Waals surface area contributed by atoms with Gasteiger partial charge in [-0.05, 0) is 32.6 Å². The Morgan fingerprint density at radius 2 is 1.95 bits per heavy atom. The largest absolute Gasteiger partial charge is 0.396 e. The van der Waals surface area contributed by atoms with Crippen LogP contribution < -0.4 is 5.32 Å². The quantitative estimate of drug-likeness (QED) is 0.772. The van der Waals surface area contributed by atoms with Crippen molar-refractivity contribution in [1.82, 2.24) is 10.2 Å². The van der Waals surface area contributed by atoms with E-state index in [9.17, 15) is 9.59 Å². The molecule has 0 aromatic carbocycles. The van der Waals surface area contributed by atoms with E-state index in [2.05, 4.69) is 5.32 Å². The van der Waals surface area contributed by atoms with Crippen molar-refractivity contribution in [3.05, 3.63) is 0 Å². The third-order valence-corrected chi connectivity index (χ3v) is 3.75. The smallest absolute Gasteiger partial charge is 0.245 e. The summed E-state index contributed by atoms with van der Waals surface area (Å²) in [5.41, 5.74) is -0.499. The molecule has 0 radical (unpaired) electrons. The van der Waals surface area contributed by atoms with E-state index in [1.807, 2.05) is 25.7 Å². The summed E-state index contributed by atoms with van der Waals surface area (Å²) >= 11 is 0. The molecule has 116 valence electrons. The molecular formula is C15H28N2O3. The molecule has 1 unspecified atom stereocenters. The van der Waals surface area contributed by atoms with E-state index in [1.165, 1.54) is 0 Å². The molecule has 1 atom stereocenters. The highest BCUT2D eigenvalue weighted by atomic mass is 16.3. The lowest BCUT2D eigenvalue weighted by Gasteiger charge is -2.39. The minimum absolute atomic E-state index is 0.0410. The SMILES string of the molecule is CC(NC(=O)C(C)(C)C)C(=O)N(CCCO)C1CCC1. The van der Waals surface area contributed by atoms with E-state index in [0.717, 1.165) is 19.3 Å². The Bertz CT molecular complexity index is 346. The first-order valence-corrected chi connectivity index (χ1v) is 7.49. The van der Waals surface area contributed by atoms with Crippen molar-refractivity contribution >= 4 is 11.8 Å². The molecule has 0 aromatic heterocycles. The lowest BCUT2D eigenvalue weighted by Crippen LogP contribution is -2.54. The van der Waals surface area contributed by atoms with Gasteiger partial charge in [0.1, 0.15) is 6.04 Å². The van der Waals surface area contributed by atoms with Crippen molar-refractivity contribution in [1.29, 1.82) is 0 Å². The van der Waals surface area contributed by atoms with Gasteiger partial charge in [0.2, 0.25) is 11.8 Å². The number of carbonyl (C=O) groups excluding carboxylic acids is 2. The van der Waals surface area contributed by atoms with Gasteiger partial charge >= 0.3 is 0 Å². The topological polar surface area (TPSA) is 69.6 Å². The molecule has 0 spiro atoms. The zero-order valence-corrected chi connectivity index (χ0v) is 13.1. The molecule has 1 aliphatic carbocycles. The maximum absolute atomic E-state index is 12.5. The van der Waals surface area contributed by atoms with Gasteiger partial charge in [0.15, 0.2) is 0 Å². The maximum Gasteiger partial charge on any atom is 0.245 e. The number of nitrogens with zero attached hydrogens (tertiary/aromatic N) is 1. The molecule has 0 aromatic rings. The number of aliphatic hydroxyl groups excluding tert-OH is 1. The minimum atomic E-state index is -0.513. The van der Waals surface area contributed by atoms with E-state index in [-0.39, 0.29) is 24.5 Å². The van der Waals surface area contributed by atoms with Crippen molar-refractivity contribution in [2.75, 3.05) is 13.2 Å². The van der Waals surface area contributed by atoms with Crippen molar-refractivity contribution in [2.45, 2.75) is 65.5 Å². The van der Waals surface area contributed by atoms with Gasteiger partial charge in [0, 0.05) is 24.6 Å². The Kier molecular flexibility index (Phi) is 5.99. The zero-order valence-electron chi connectivity index (χ0n) is 13.1. The summed E-state index contributed by atoms with van der Waals surface area (Å²) in [4.78, 5) is 26.2. The summed E-state index contributed by atoms with van der Waals surface area (Å²) < 4.78 is 0. The lowest BCUT2D eigenvalue weighted by atomic mass is 9.90. The van der Waals surface area contributed by atoms with E-state index in [4.69, 9.17) is 5.11 Å². The van der Waals surface area contributed by atoms with Gasteiger partial charge in [-0.15, -0.1) is 0 Å². The molecular weight excluding hydrogens is 256 g/mol. The Morgan fingerprint density at radius 1 is 1.35 bits per heavy atom. The summed E-state index contributed by atoms with van der Waals surface area (Å²) in [7, 11) is 0. The molecule has 1 rings (SSSR count). The Balaban J connectivity index is 2.61. The van der Waals surface area contributed by atoms with E-state index in [0.29, 0.717) is 13.0 Å². The second-order valence-electron chi connectivity index (χ2n) is 6.64. The highest BCUT2D eigenvalue weighted by Crippen LogP contribution is 2.25. The summed E-state index contributed by atoms with van der Waals surface area (Å²) in [6, 6.07) is -0.232. The van der Waals surface area contributed by atoms with Crippen molar-refractivity contribution in [3.63, 3.8) is 0 Å². The predicted octanol–water partition coefficient (Wildman–Crippen LogP) is 1.30. The van der Waals surface area contributed by atoms with Gasteiger partial charge in [-0.3, -0.25) is 9.59 Å². The van der Waals surface area contributed by atoms with Crippen molar-refractivity contribution < 1.29 is 14.7 Å². The maximum atomic E-state index is 12.5. The second kappa shape index (κ2) is 7.07. The average molecular weight is 284 g/mol. The third kappa shape index (κ3) is 4.47. The fourth-order valence-electron chi connectivity index (χ4n) is 2.14. The zero-order chi connectivity index (χ0) is 15.3. The molecule has 1 saturated carbocycles. The Hall–Kier alpha value is -1.10. The number of aliphatic hydroxyl groups is 1. The molecule has 20 heavy (non-hydrogen) atoms. The van der Waals surface area contributed by atoms with Crippen LogP contribution in [0, 0.1) is 5.41 Å². The summed E-state index contributed by atoms with van der Waals surface area (Å²) in [5, 5.41) is 11.7. The fourth-order valence-corrected chi connectivity index (χ4v) is 2.14. The Labute approximate surface area is 121 Å². The predicted molar refractivity (Wildman–Crippen MR) is 78.1 cm³/mol. The van der Waals surface area contributed by atoms with Gasteiger partial charge in [-0.2, -0.15) is 0 Å². The summed E-state index contributed by atoms with van der Waals surface area (Å²) in [5.74, 6) is -0.158. The highest BCUT2D eigenvalue weighted by Gasteiger charge is 2.32. The van der Waals surface area contributed by atoms with Gasteiger partial charge in [-0.25, -0.2) is 0 Å². The number of hydrogen-bond donors (Lipinski definition) is 2. The van der Waals surface area contributed by atoms with Crippen LogP contribution in [0.15, 0.2) is 0 Å². The summed E-state index contributed by atoms with van der Waals surface area (Å²) in [6.45, 7) is 7.87. The normalized spacial score (nSPS) is 17.2. The monoisotopic (exact) mass is 284 g/mol. The number of rotatable bonds is 6. The fraction of sp³-hybridized carbons (Fsp3) is 0.867. The van der Waals surface area contributed by atoms with Crippen LogP contribution in [0.4, 0.5) is 0 Å². The molecule has 2 amide bonds. The molecule has 0 bridgehead atoms. The number of nitrogens with one attached hydrogen (secondary N) is 1. The first-order chi connectivity index (χ1) is 9.27. The van der Waals surface area contributed by atoms with Gasteiger partial charge in [0.05, 0.1) is 0 Å². The van der Waals surface area contributed by atoms with Crippen LogP contribution >= 0.6 is 0 Å². The third-order valence-electron chi connectivity index (χ3n) is 3.75. The van der Waals surface area contributed by atoms with Crippen LogP contribution in [0.3, 0.4) is 0 Å². The van der Waals surface area contributed by atoms with Crippen LogP contribution in [0.2, 0.25) is 0 Å². The van der Waals surface area contributed by atoms with E-state index >= 15 is 0 Å². The van der Waals surface area contributed by atoms with Crippen LogP contribution in [-0.2, 0) is 9.59 Å². The number of carbonyl (C=O) groups is 2. The standard InChI is InChI=1S/C15H28N2O3/c1-11(16-14(20)15(2,3)4)13(19)17(9-6-10-18)12-7-5-8-12/h11-12,18H,5-10H2,1-4H3,(H,16,20). The molecule has 1 fully saturated rings. The summed E-state index contributed by atoms with van der Waals surface area (Å²) in [6.07, 6.45) is 3.78. The van der Waals surface area contributed by atoms with Gasteiger partial charge in [0.25, 0.3) is 0 Å². The van der Waals surface area contributed by atoms with Gasteiger partial charge < -0.3 is 15.3 Å². The van der Waals surface area contributed by atoms with Crippen LogP contribution in [-0.4, -0.2) is 47.1 Å². The molecule has 1 aliphatic rings. The molecule has 0 aliphatic heterocycles. The van der Waals surface area contributed by atoms with E-state index < -0.39 is 11.5 Å². The lowest BCUT2D eigenvalue weighted by molar-refractivity contribution is -0.141. The van der Waals surface area contributed by atoms with Crippen LogP contribution in [0.5, 0.6) is 0 Å². The van der Waals surface area contributed by atoms with Crippen LogP contribution in [0.25, 0.3) is 0 Å². The van der Waals surface area contributed by atoms with Crippen LogP contribution in [0.1, 0.15) is 53.4 Å². The van der Waals surface area contributed by atoms with Crippen molar-refractivity contribution in [3.8, 4) is 0 Å². The highest BCUT2D eigenvalue weighted by molar-refractivity contribution is 5.89. The molecule has 5 heteroatoms. The molecule has 5 nitrogen and oxygen atoms in total. The first-order valence-electron chi connectivity index (χ1n) is 7.49. The van der Waals surface area contributed by atoms with Gasteiger partial charge in [-0.1, -0.05) is 20.8 Å². The number of amides is 2. The second-order valence-corrected chi connectivity index (χ2v) is 6.64. The van der Waals surface area contributed by atoms with Crippen molar-refractivity contribution in [2.24, 2.45) is 5.41 Å².